The van der Waals surface area contributed by atoms with E-state index in [1.165, 1.54) is 12.8 Å². The first-order valence-electron chi connectivity index (χ1n) is 8.12. The van der Waals surface area contributed by atoms with Crippen molar-refractivity contribution in [3.8, 4) is 0 Å². The number of aryl methyl sites for hydroxylation is 1. The van der Waals surface area contributed by atoms with Crippen molar-refractivity contribution in [3.63, 3.8) is 0 Å². The molecule has 0 radical (unpaired) electrons. The van der Waals surface area contributed by atoms with Crippen molar-refractivity contribution in [2.75, 3.05) is 13.1 Å². The molecule has 0 spiro atoms. The van der Waals surface area contributed by atoms with E-state index in [4.69, 9.17) is 0 Å². The Labute approximate surface area is 150 Å². The van der Waals surface area contributed by atoms with Crippen molar-refractivity contribution >= 4 is 30.7 Å². The summed E-state index contributed by atoms with van der Waals surface area (Å²) < 4.78 is 1.91. The van der Waals surface area contributed by atoms with Crippen molar-refractivity contribution < 1.29 is 4.79 Å². The Hall–Kier alpha value is -0.850. The Bertz CT molecular complexity index is 490. The van der Waals surface area contributed by atoms with Crippen LogP contribution in [0.15, 0.2) is 6.33 Å². The van der Waals surface area contributed by atoms with E-state index >= 15 is 0 Å². The Morgan fingerprint density at radius 3 is 2.87 bits per heavy atom. The SMILES string of the molecule is CC(CC(=O)NC1CCCn2ncnc21)C1CCNCC1.Cl.Cl. The summed E-state index contributed by atoms with van der Waals surface area (Å²) in [4.78, 5) is 16.6. The molecule has 0 saturated carbocycles. The van der Waals surface area contributed by atoms with Crippen LogP contribution in [0.1, 0.15) is 50.9 Å². The molecule has 3 rings (SSSR count). The van der Waals surface area contributed by atoms with Gasteiger partial charge in [-0.05, 0) is 50.6 Å². The van der Waals surface area contributed by atoms with Crippen molar-refractivity contribution in [1.29, 1.82) is 0 Å². The first kappa shape index (κ1) is 20.2. The topological polar surface area (TPSA) is 71.8 Å². The number of aromatic nitrogens is 3. The molecule has 2 N–H and O–H groups in total. The molecule has 1 saturated heterocycles. The molecule has 132 valence electrons. The number of nitrogens with one attached hydrogen (secondary N) is 2. The highest BCUT2D eigenvalue weighted by atomic mass is 35.5. The third-order valence-corrected chi connectivity index (χ3v) is 4.85. The minimum Gasteiger partial charge on any atom is -0.346 e. The predicted octanol–water partition coefficient (Wildman–Crippen LogP) is 2.10. The molecule has 0 bridgehead atoms. The second kappa shape index (κ2) is 9.45. The Balaban J connectivity index is 0.00000132. The van der Waals surface area contributed by atoms with E-state index in [1.807, 2.05) is 4.68 Å². The van der Waals surface area contributed by atoms with Gasteiger partial charge in [-0.3, -0.25) is 4.79 Å². The normalized spacial score (nSPS) is 22.2. The molecule has 2 atom stereocenters. The van der Waals surface area contributed by atoms with E-state index in [9.17, 15) is 4.79 Å². The van der Waals surface area contributed by atoms with Gasteiger partial charge in [0.2, 0.25) is 5.91 Å². The summed E-state index contributed by atoms with van der Waals surface area (Å²) >= 11 is 0. The molecular formula is C15H27Cl2N5O. The molecule has 1 fully saturated rings. The van der Waals surface area contributed by atoms with Crippen LogP contribution in [0.2, 0.25) is 0 Å². The summed E-state index contributed by atoms with van der Waals surface area (Å²) in [6.07, 6.45) is 6.59. The molecule has 0 aromatic carbocycles. The molecular weight excluding hydrogens is 337 g/mol. The highest BCUT2D eigenvalue weighted by molar-refractivity contribution is 5.85. The largest absolute Gasteiger partial charge is 0.346 e. The highest BCUT2D eigenvalue weighted by Gasteiger charge is 2.26. The van der Waals surface area contributed by atoms with Crippen LogP contribution in [0, 0.1) is 11.8 Å². The number of carbonyl (C=O) groups is 1. The molecule has 2 aliphatic heterocycles. The van der Waals surface area contributed by atoms with Crippen LogP contribution in [0.5, 0.6) is 0 Å². The lowest BCUT2D eigenvalue weighted by molar-refractivity contribution is -0.123. The minimum atomic E-state index is 0. The van der Waals surface area contributed by atoms with Gasteiger partial charge in [0.25, 0.3) is 0 Å². The Kier molecular flexibility index (Phi) is 8.29. The van der Waals surface area contributed by atoms with Crippen molar-refractivity contribution in [2.45, 2.75) is 51.6 Å². The lowest BCUT2D eigenvalue weighted by Crippen LogP contribution is -2.36. The van der Waals surface area contributed by atoms with Gasteiger partial charge in [0, 0.05) is 13.0 Å². The number of hydrogen-bond acceptors (Lipinski definition) is 4. The van der Waals surface area contributed by atoms with E-state index in [1.54, 1.807) is 6.33 Å². The van der Waals surface area contributed by atoms with Crippen molar-refractivity contribution in [2.24, 2.45) is 11.8 Å². The molecule has 1 aromatic heterocycles. The summed E-state index contributed by atoms with van der Waals surface area (Å²) in [7, 11) is 0. The van der Waals surface area contributed by atoms with Gasteiger partial charge in [0.15, 0.2) is 0 Å². The van der Waals surface area contributed by atoms with Gasteiger partial charge in [0.1, 0.15) is 12.2 Å². The summed E-state index contributed by atoms with van der Waals surface area (Å²) in [5, 5.41) is 10.7. The number of rotatable bonds is 4. The van der Waals surface area contributed by atoms with Crippen LogP contribution in [0.4, 0.5) is 0 Å². The van der Waals surface area contributed by atoms with Gasteiger partial charge in [-0.25, -0.2) is 9.67 Å². The van der Waals surface area contributed by atoms with E-state index in [0.717, 1.165) is 38.3 Å². The van der Waals surface area contributed by atoms with Crippen molar-refractivity contribution in [1.82, 2.24) is 25.4 Å². The quantitative estimate of drug-likeness (QED) is 0.858. The maximum absolute atomic E-state index is 12.3. The minimum absolute atomic E-state index is 0. The van der Waals surface area contributed by atoms with Crippen LogP contribution < -0.4 is 10.6 Å². The van der Waals surface area contributed by atoms with Crippen LogP contribution in [-0.2, 0) is 11.3 Å². The molecule has 1 aromatic rings. The monoisotopic (exact) mass is 363 g/mol. The van der Waals surface area contributed by atoms with Crippen LogP contribution >= 0.6 is 24.8 Å². The van der Waals surface area contributed by atoms with Crippen LogP contribution in [0.3, 0.4) is 0 Å². The highest BCUT2D eigenvalue weighted by Crippen LogP contribution is 2.26. The predicted molar refractivity (Wildman–Crippen MR) is 94.0 cm³/mol. The fourth-order valence-corrected chi connectivity index (χ4v) is 3.55. The summed E-state index contributed by atoms with van der Waals surface area (Å²) in [5.41, 5.74) is 0. The van der Waals surface area contributed by atoms with Crippen LogP contribution in [0.25, 0.3) is 0 Å². The number of hydrogen-bond donors (Lipinski definition) is 2. The molecule has 0 aliphatic carbocycles. The van der Waals surface area contributed by atoms with E-state index < -0.39 is 0 Å². The Morgan fingerprint density at radius 2 is 2.13 bits per heavy atom. The average molecular weight is 364 g/mol. The molecule has 23 heavy (non-hydrogen) atoms. The van der Waals surface area contributed by atoms with Crippen molar-refractivity contribution in [3.05, 3.63) is 12.2 Å². The number of piperidine rings is 1. The number of carbonyl (C=O) groups excluding carboxylic acids is 1. The second-order valence-electron chi connectivity index (χ2n) is 6.37. The fraction of sp³-hybridized carbons (Fsp3) is 0.800. The zero-order valence-corrected chi connectivity index (χ0v) is 15.2. The number of nitrogens with zero attached hydrogens (tertiary/aromatic N) is 3. The van der Waals surface area contributed by atoms with E-state index in [-0.39, 0.29) is 36.8 Å². The van der Waals surface area contributed by atoms with Gasteiger partial charge in [-0.1, -0.05) is 6.92 Å². The van der Waals surface area contributed by atoms with Gasteiger partial charge >= 0.3 is 0 Å². The van der Waals surface area contributed by atoms with Crippen LogP contribution in [-0.4, -0.2) is 33.8 Å². The zero-order chi connectivity index (χ0) is 14.7. The second-order valence-corrected chi connectivity index (χ2v) is 6.37. The molecule has 8 heteroatoms. The molecule has 3 heterocycles. The summed E-state index contributed by atoms with van der Waals surface area (Å²) in [6, 6.07) is 0.0361. The zero-order valence-electron chi connectivity index (χ0n) is 13.5. The molecule has 6 nitrogen and oxygen atoms in total. The smallest absolute Gasteiger partial charge is 0.220 e. The fourth-order valence-electron chi connectivity index (χ4n) is 3.55. The number of fused-ring (bicyclic) bond motifs is 1. The molecule has 1 amide bonds. The summed E-state index contributed by atoms with van der Waals surface area (Å²) in [6.45, 7) is 5.29. The third kappa shape index (κ3) is 5.06. The van der Waals surface area contributed by atoms with Gasteiger partial charge in [-0.2, -0.15) is 5.10 Å². The van der Waals surface area contributed by atoms with E-state index in [2.05, 4.69) is 27.6 Å². The first-order chi connectivity index (χ1) is 10.2. The third-order valence-electron chi connectivity index (χ3n) is 4.85. The first-order valence-corrected chi connectivity index (χ1v) is 8.12. The molecule has 2 aliphatic rings. The number of halogens is 2. The number of amides is 1. The van der Waals surface area contributed by atoms with Gasteiger partial charge < -0.3 is 10.6 Å². The standard InChI is InChI=1S/C15H25N5O.2ClH/c1-11(12-4-6-16-7-5-12)9-14(21)19-13-3-2-8-20-15(13)17-10-18-20;;/h10-13,16H,2-9H2,1H3,(H,19,21);2*1H. The maximum atomic E-state index is 12.3. The average Bonchev–Trinajstić information content (AvgIpc) is 2.97. The van der Waals surface area contributed by atoms with E-state index in [0.29, 0.717) is 18.3 Å². The Morgan fingerprint density at radius 1 is 1.39 bits per heavy atom. The maximum Gasteiger partial charge on any atom is 0.220 e. The lowest BCUT2D eigenvalue weighted by atomic mass is 9.84. The molecule has 2 unspecified atom stereocenters. The van der Waals surface area contributed by atoms with Gasteiger partial charge in [0.05, 0.1) is 6.04 Å². The van der Waals surface area contributed by atoms with Gasteiger partial charge in [-0.15, -0.1) is 24.8 Å². The lowest BCUT2D eigenvalue weighted by Gasteiger charge is -2.29. The summed E-state index contributed by atoms with van der Waals surface area (Å²) in [5.74, 6) is 2.19.